The molecule has 1 saturated carbocycles. The zero-order valence-electron chi connectivity index (χ0n) is 9.05. The highest BCUT2D eigenvalue weighted by Gasteiger charge is 2.25. The molecule has 1 N–H and O–H groups in total. The molecule has 0 radical (unpaired) electrons. The van der Waals surface area contributed by atoms with E-state index >= 15 is 0 Å². The molecule has 2 heterocycles. The Balaban J connectivity index is 1.67. The Morgan fingerprint density at radius 2 is 2.44 bits per heavy atom. The maximum absolute atomic E-state index is 5.02. The monoisotopic (exact) mass is 219 g/mol. The highest BCUT2D eigenvalue weighted by atomic mass is 16.5. The van der Waals surface area contributed by atoms with Crippen molar-refractivity contribution in [3.8, 4) is 0 Å². The molecule has 16 heavy (non-hydrogen) atoms. The van der Waals surface area contributed by atoms with E-state index in [1.807, 2.05) is 6.20 Å². The number of hydrogen-bond acceptors (Lipinski definition) is 5. The Bertz CT molecular complexity index is 485. The van der Waals surface area contributed by atoms with Crippen LogP contribution in [0.2, 0.25) is 0 Å². The lowest BCUT2D eigenvalue weighted by atomic mass is 10.6. The predicted octanol–water partition coefficient (Wildman–Crippen LogP) is 1.52. The first-order chi connectivity index (χ1) is 7.83. The Labute approximate surface area is 92.7 Å². The average molecular weight is 219 g/mol. The molecule has 2 aromatic heterocycles. The van der Waals surface area contributed by atoms with Gasteiger partial charge in [-0.05, 0) is 19.8 Å². The standard InChI is InChI=1S/C10H13N5O/c1-7-13-9(16-14-7)6-12-10-11-4-5-15(10)8-2-3-8/h4-5,8H,2-3,6H2,1H3,(H,11,12). The smallest absolute Gasteiger partial charge is 0.246 e. The molecule has 0 aromatic carbocycles. The van der Waals surface area contributed by atoms with Crippen LogP contribution in [0.5, 0.6) is 0 Å². The fourth-order valence-electron chi connectivity index (χ4n) is 1.66. The fraction of sp³-hybridized carbons (Fsp3) is 0.500. The van der Waals surface area contributed by atoms with Crippen LogP contribution in [0.1, 0.15) is 30.6 Å². The van der Waals surface area contributed by atoms with Gasteiger partial charge in [0.25, 0.3) is 0 Å². The number of nitrogens with one attached hydrogen (secondary N) is 1. The number of rotatable bonds is 4. The first-order valence-corrected chi connectivity index (χ1v) is 5.39. The van der Waals surface area contributed by atoms with Crippen LogP contribution in [0.15, 0.2) is 16.9 Å². The molecule has 84 valence electrons. The summed E-state index contributed by atoms with van der Waals surface area (Å²) in [7, 11) is 0. The van der Waals surface area contributed by atoms with E-state index in [0.29, 0.717) is 24.3 Å². The molecular formula is C10H13N5O. The van der Waals surface area contributed by atoms with Crippen LogP contribution in [0.25, 0.3) is 0 Å². The quantitative estimate of drug-likeness (QED) is 0.844. The maximum Gasteiger partial charge on any atom is 0.246 e. The van der Waals surface area contributed by atoms with Gasteiger partial charge in [0.2, 0.25) is 11.8 Å². The molecule has 3 rings (SSSR count). The van der Waals surface area contributed by atoms with E-state index in [-0.39, 0.29) is 0 Å². The summed E-state index contributed by atoms with van der Waals surface area (Å²) in [4.78, 5) is 8.38. The zero-order chi connectivity index (χ0) is 11.0. The van der Waals surface area contributed by atoms with Crippen LogP contribution in [0.3, 0.4) is 0 Å². The van der Waals surface area contributed by atoms with Crippen molar-refractivity contribution in [3.63, 3.8) is 0 Å². The molecule has 1 fully saturated rings. The van der Waals surface area contributed by atoms with E-state index in [2.05, 4.69) is 25.0 Å². The van der Waals surface area contributed by atoms with Crippen LogP contribution >= 0.6 is 0 Å². The molecule has 0 spiro atoms. The van der Waals surface area contributed by atoms with Crippen LogP contribution < -0.4 is 5.32 Å². The third-order valence-electron chi connectivity index (χ3n) is 2.58. The van der Waals surface area contributed by atoms with Gasteiger partial charge in [0.05, 0.1) is 6.54 Å². The summed E-state index contributed by atoms with van der Waals surface area (Å²) in [5.74, 6) is 2.11. The number of hydrogen-bond donors (Lipinski definition) is 1. The van der Waals surface area contributed by atoms with Gasteiger partial charge < -0.3 is 14.4 Å². The van der Waals surface area contributed by atoms with Crippen molar-refractivity contribution in [1.29, 1.82) is 0 Å². The summed E-state index contributed by atoms with van der Waals surface area (Å²) < 4.78 is 7.17. The van der Waals surface area contributed by atoms with E-state index in [1.165, 1.54) is 12.8 Å². The molecule has 2 aromatic rings. The van der Waals surface area contributed by atoms with E-state index in [9.17, 15) is 0 Å². The molecule has 0 amide bonds. The molecule has 0 bridgehead atoms. The topological polar surface area (TPSA) is 68.8 Å². The molecule has 1 aliphatic carbocycles. The summed E-state index contributed by atoms with van der Waals surface area (Å²) in [5.41, 5.74) is 0. The first kappa shape index (κ1) is 9.38. The first-order valence-electron chi connectivity index (χ1n) is 5.39. The molecule has 0 unspecified atom stereocenters. The van der Waals surface area contributed by atoms with Crippen molar-refractivity contribution in [2.24, 2.45) is 0 Å². The summed E-state index contributed by atoms with van der Waals surface area (Å²) in [6, 6.07) is 0.620. The maximum atomic E-state index is 5.02. The minimum Gasteiger partial charge on any atom is -0.347 e. The number of nitrogens with zero attached hydrogens (tertiary/aromatic N) is 4. The summed E-state index contributed by atoms with van der Waals surface area (Å²) in [6.45, 7) is 2.32. The van der Waals surface area contributed by atoms with Gasteiger partial charge >= 0.3 is 0 Å². The second kappa shape index (κ2) is 3.62. The minimum absolute atomic E-state index is 0.518. The van der Waals surface area contributed by atoms with Crippen molar-refractivity contribution >= 4 is 5.95 Å². The van der Waals surface area contributed by atoms with E-state index in [0.717, 1.165) is 5.95 Å². The summed E-state index contributed by atoms with van der Waals surface area (Å²) >= 11 is 0. The normalized spacial score (nSPS) is 15.3. The van der Waals surface area contributed by atoms with Gasteiger partial charge in [0, 0.05) is 18.4 Å². The lowest BCUT2D eigenvalue weighted by molar-refractivity contribution is 0.379. The highest BCUT2D eigenvalue weighted by molar-refractivity contribution is 5.27. The molecule has 0 atom stereocenters. The molecular weight excluding hydrogens is 206 g/mol. The Hall–Kier alpha value is -1.85. The van der Waals surface area contributed by atoms with E-state index < -0.39 is 0 Å². The second-order valence-corrected chi connectivity index (χ2v) is 3.98. The number of anilines is 1. The van der Waals surface area contributed by atoms with Crippen LogP contribution in [0, 0.1) is 6.92 Å². The Morgan fingerprint density at radius 1 is 1.56 bits per heavy atom. The van der Waals surface area contributed by atoms with Gasteiger partial charge in [-0.1, -0.05) is 5.16 Å². The summed E-state index contributed by atoms with van der Waals surface area (Å²) in [5, 5.41) is 6.93. The largest absolute Gasteiger partial charge is 0.347 e. The minimum atomic E-state index is 0.518. The highest BCUT2D eigenvalue weighted by Crippen LogP contribution is 2.36. The van der Waals surface area contributed by atoms with Crippen LogP contribution in [-0.2, 0) is 6.54 Å². The van der Waals surface area contributed by atoms with Gasteiger partial charge in [-0.15, -0.1) is 0 Å². The van der Waals surface area contributed by atoms with Gasteiger partial charge in [-0.3, -0.25) is 0 Å². The lowest BCUT2D eigenvalue weighted by Gasteiger charge is -2.06. The van der Waals surface area contributed by atoms with Crippen molar-refractivity contribution in [2.75, 3.05) is 5.32 Å². The van der Waals surface area contributed by atoms with Crippen molar-refractivity contribution in [1.82, 2.24) is 19.7 Å². The van der Waals surface area contributed by atoms with E-state index in [1.54, 1.807) is 13.1 Å². The third-order valence-corrected chi connectivity index (χ3v) is 2.58. The average Bonchev–Trinajstić information content (AvgIpc) is 2.86. The van der Waals surface area contributed by atoms with Gasteiger partial charge in [0.15, 0.2) is 5.82 Å². The van der Waals surface area contributed by atoms with E-state index in [4.69, 9.17) is 4.52 Å². The number of aryl methyl sites for hydroxylation is 1. The second-order valence-electron chi connectivity index (χ2n) is 3.98. The van der Waals surface area contributed by atoms with Crippen LogP contribution in [-0.4, -0.2) is 19.7 Å². The molecule has 6 heteroatoms. The van der Waals surface area contributed by atoms with Gasteiger partial charge in [0.1, 0.15) is 0 Å². The molecule has 0 saturated heterocycles. The fourth-order valence-corrected chi connectivity index (χ4v) is 1.66. The molecule has 0 aliphatic heterocycles. The SMILES string of the molecule is Cc1noc(CNc2nccn2C2CC2)n1. The Morgan fingerprint density at radius 3 is 3.12 bits per heavy atom. The van der Waals surface area contributed by atoms with Crippen LogP contribution in [0.4, 0.5) is 5.95 Å². The summed E-state index contributed by atoms with van der Waals surface area (Å²) in [6.07, 6.45) is 6.29. The van der Waals surface area contributed by atoms with Crippen molar-refractivity contribution in [2.45, 2.75) is 32.4 Å². The van der Waals surface area contributed by atoms with Crippen molar-refractivity contribution in [3.05, 3.63) is 24.1 Å². The van der Waals surface area contributed by atoms with Gasteiger partial charge in [-0.25, -0.2) is 4.98 Å². The van der Waals surface area contributed by atoms with Gasteiger partial charge in [-0.2, -0.15) is 4.98 Å². The molecule has 6 nitrogen and oxygen atoms in total. The molecule has 1 aliphatic rings. The lowest BCUT2D eigenvalue weighted by Crippen LogP contribution is -2.06. The predicted molar refractivity (Wildman–Crippen MR) is 56.9 cm³/mol. The van der Waals surface area contributed by atoms with Crippen molar-refractivity contribution < 1.29 is 4.52 Å². The zero-order valence-corrected chi connectivity index (χ0v) is 9.05. The third kappa shape index (κ3) is 1.78. The number of imidazole rings is 1. The Kier molecular flexibility index (Phi) is 2.12. The number of aromatic nitrogens is 4.